The zero-order valence-corrected chi connectivity index (χ0v) is 18.3. The fraction of sp³-hybridized carbons (Fsp3) is 0.217. The number of fused-ring (bicyclic) bond motifs is 1. The van der Waals surface area contributed by atoms with Crippen molar-refractivity contribution in [3.8, 4) is 16.9 Å². The standard InChI is InChI=1S/C23H23N5O3S/c1-31-21-8-3-2-7-20(21)24-23-25-22-12-11-18(14-28(22)26-23)17-5-4-6-19(13-17)27-32(29,30)15-16-9-10-16/h2-8,11-14,16,27H,9-10,15H2,1H3,(H,24,26). The number of benzene rings is 2. The largest absolute Gasteiger partial charge is 0.495 e. The number of para-hydroxylation sites is 2. The lowest BCUT2D eigenvalue weighted by Gasteiger charge is -2.09. The van der Waals surface area contributed by atoms with Crippen molar-refractivity contribution in [1.82, 2.24) is 14.6 Å². The third-order valence-electron chi connectivity index (χ3n) is 5.31. The van der Waals surface area contributed by atoms with E-state index in [2.05, 4.69) is 20.1 Å². The van der Waals surface area contributed by atoms with E-state index < -0.39 is 10.0 Å². The van der Waals surface area contributed by atoms with Crippen molar-refractivity contribution in [2.24, 2.45) is 5.92 Å². The SMILES string of the molecule is COc1ccccc1Nc1nc2ccc(-c3cccc(NS(=O)(=O)CC4CC4)c3)cn2n1. The van der Waals surface area contributed by atoms with Crippen LogP contribution in [0.5, 0.6) is 5.75 Å². The smallest absolute Gasteiger partial charge is 0.247 e. The van der Waals surface area contributed by atoms with Gasteiger partial charge in [0.25, 0.3) is 0 Å². The van der Waals surface area contributed by atoms with Gasteiger partial charge in [-0.1, -0.05) is 24.3 Å². The molecule has 0 amide bonds. The highest BCUT2D eigenvalue weighted by Crippen LogP contribution is 2.31. The maximum Gasteiger partial charge on any atom is 0.247 e. The van der Waals surface area contributed by atoms with Crippen molar-refractivity contribution < 1.29 is 13.2 Å². The Morgan fingerprint density at radius 1 is 1.06 bits per heavy atom. The lowest BCUT2D eigenvalue weighted by molar-refractivity contribution is 0.417. The molecule has 0 unspecified atom stereocenters. The summed E-state index contributed by atoms with van der Waals surface area (Å²) in [7, 11) is -1.72. The molecule has 1 aliphatic carbocycles. The van der Waals surface area contributed by atoms with Crippen LogP contribution in [0, 0.1) is 5.92 Å². The van der Waals surface area contributed by atoms with Gasteiger partial charge in [0.05, 0.1) is 18.6 Å². The summed E-state index contributed by atoms with van der Waals surface area (Å²) in [5, 5.41) is 7.70. The molecule has 164 valence electrons. The van der Waals surface area contributed by atoms with Gasteiger partial charge in [0, 0.05) is 17.4 Å². The zero-order chi connectivity index (χ0) is 22.1. The monoisotopic (exact) mass is 449 g/mol. The number of methoxy groups -OCH3 is 1. The Morgan fingerprint density at radius 2 is 1.91 bits per heavy atom. The molecule has 9 heteroatoms. The summed E-state index contributed by atoms with van der Waals surface area (Å²) in [4.78, 5) is 4.51. The number of pyridine rings is 1. The molecular formula is C23H23N5O3S. The van der Waals surface area contributed by atoms with Crippen molar-refractivity contribution >= 4 is 33.0 Å². The maximum atomic E-state index is 12.3. The second kappa shape index (κ2) is 8.16. The molecule has 32 heavy (non-hydrogen) atoms. The van der Waals surface area contributed by atoms with E-state index in [0.717, 1.165) is 29.7 Å². The summed E-state index contributed by atoms with van der Waals surface area (Å²) < 4.78 is 34.4. The Kier molecular flexibility index (Phi) is 5.18. The highest BCUT2D eigenvalue weighted by atomic mass is 32.2. The van der Waals surface area contributed by atoms with Crippen molar-refractivity contribution in [2.75, 3.05) is 22.9 Å². The van der Waals surface area contributed by atoms with E-state index in [0.29, 0.717) is 29.0 Å². The topological polar surface area (TPSA) is 97.6 Å². The Morgan fingerprint density at radius 3 is 2.72 bits per heavy atom. The molecule has 0 bridgehead atoms. The molecule has 2 N–H and O–H groups in total. The third-order valence-corrected chi connectivity index (χ3v) is 6.76. The molecule has 1 saturated carbocycles. The average Bonchev–Trinajstić information content (AvgIpc) is 3.48. The van der Waals surface area contributed by atoms with Gasteiger partial charge in [-0.2, -0.15) is 4.98 Å². The van der Waals surface area contributed by atoms with Crippen molar-refractivity contribution in [3.05, 3.63) is 66.9 Å². The highest BCUT2D eigenvalue weighted by molar-refractivity contribution is 7.92. The van der Waals surface area contributed by atoms with Crippen molar-refractivity contribution in [1.29, 1.82) is 0 Å². The molecule has 1 fully saturated rings. The van der Waals surface area contributed by atoms with Gasteiger partial charge in [0.2, 0.25) is 16.0 Å². The van der Waals surface area contributed by atoms with Crippen molar-refractivity contribution in [3.63, 3.8) is 0 Å². The molecular weight excluding hydrogens is 426 g/mol. The van der Waals surface area contributed by atoms with Gasteiger partial charge in [-0.05, 0) is 60.7 Å². The molecule has 2 heterocycles. The van der Waals surface area contributed by atoms with E-state index in [9.17, 15) is 8.42 Å². The fourth-order valence-corrected chi connectivity index (χ4v) is 5.08. The minimum Gasteiger partial charge on any atom is -0.495 e. The van der Waals surface area contributed by atoms with Crippen LogP contribution in [0.4, 0.5) is 17.3 Å². The maximum absolute atomic E-state index is 12.3. The first kappa shape index (κ1) is 20.3. The molecule has 8 nitrogen and oxygen atoms in total. The molecule has 0 atom stereocenters. The first-order valence-corrected chi connectivity index (χ1v) is 12.0. The highest BCUT2D eigenvalue weighted by Gasteiger charge is 2.28. The van der Waals surface area contributed by atoms with Gasteiger partial charge < -0.3 is 10.1 Å². The molecule has 1 aliphatic rings. The average molecular weight is 450 g/mol. The summed E-state index contributed by atoms with van der Waals surface area (Å²) >= 11 is 0. The first-order valence-electron chi connectivity index (χ1n) is 10.4. The predicted molar refractivity (Wildman–Crippen MR) is 125 cm³/mol. The van der Waals surface area contributed by atoms with E-state index in [1.807, 2.05) is 60.8 Å². The summed E-state index contributed by atoms with van der Waals surface area (Å²) in [6.45, 7) is 0. The predicted octanol–water partition coefficient (Wildman–Crippen LogP) is 4.30. The number of aromatic nitrogens is 3. The first-order chi connectivity index (χ1) is 15.5. The van der Waals surface area contributed by atoms with E-state index in [-0.39, 0.29) is 5.75 Å². The molecule has 0 spiro atoms. The van der Waals surface area contributed by atoms with Crippen LogP contribution >= 0.6 is 0 Å². The molecule has 0 aliphatic heterocycles. The van der Waals surface area contributed by atoms with Crippen LogP contribution in [-0.2, 0) is 10.0 Å². The number of anilines is 3. The Hall–Kier alpha value is -3.59. The number of nitrogens with one attached hydrogen (secondary N) is 2. The number of hydrogen-bond acceptors (Lipinski definition) is 6. The second-order valence-corrected chi connectivity index (χ2v) is 9.66. The van der Waals surface area contributed by atoms with E-state index >= 15 is 0 Å². The Bertz CT molecular complexity index is 1380. The van der Waals surface area contributed by atoms with Crippen LogP contribution in [0.15, 0.2) is 66.9 Å². The number of rotatable bonds is 8. The van der Waals surface area contributed by atoms with Gasteiger partial charge in [0.15, 0.2) is 5.65 Å². The van der Waals surface area contributed by atoms with Gasteiger partial charge in [-0.25, -0.2) is 12.9 Å². The summed E-state index contributed by atoms with van der Waals surface area (Å²) in [6.07, 6.45) is 3.85. The van der Waals surface area contributed by atoms with Crippen LogP contribution in [0.1, 0.15) is 12.8 Å². The fourth-order valence-electron chi connectivity index (χ4n) is 3.55. The number of nitrogens with zero attached hydrogens (tertiary/aromatic N) is 3. The summed E-state index contributed by atoms with van der Waals surface area (Å²) in [5.41, 5.74) is 3.80. The number of hydrogen-bond donors (Lipinski definition) is 2. The van der Waals surface area contributed by atoms with Gasteiger partial charge >= 0.3 is 0 Å². The lowest BCUT2D eigenvalue weighted by atomic mass is 10.1. The number of ether oxygens (including phenoxy) is 1. The van der Waals surface area contributed by atoms with E-state index in [1.54, 1.807) is 17.7 Å². The van der Waals surface area contributed by atoms with E-state index in [1.165, 1.54) is 0 Å². The molecule has 2 aromatic heterocycles. The van der Waals surface area contributed by atoms with Gasteiger partial charge in [0.1, 0.15) is 5.75 Å². The lowest BCUT2D eigenvalue weighted by Crippen LogP contribution is -2.17. The Labute approximate surface area is 186 Å². The molecule has 0 radical (unpaired) electrons. The van der Waals surface area contributed by atoms with Gasteiger partial charge in [-0.15, -0.1) is 5.10 Å². The Balaban J connectivity index is 1.39. The molecule has 0 saturated heterocycles. The van der Waals surface area contributed by atoms with Crippen molar-refractivity contribution in [2.45, 2.75) is 12.8 Å². The summed E-state index contributed by atoms with van der Waals surface area (Å²) in [6, 6.07) is 18.7. The number of sulfonamides is 1. The summed E-state index contributed by atoms with van der Waals surface area (Å²) in [5.74, 6) is 1.63. The third kappa shape index (κ3) is 4.52. The molecule has 5 rings (SSSR count). The van der Waals surface area contributed by atoms with Crippen LogP contribution in [0.2, 0.25) is 0 Å². The van der Waals surface area contributed by atoms with Gasteiger partial charge in [-0.3, -0.25) is 4.72 Å². The minimum absolute atomic E-state index is 0.185. The van der Waals surface area contributed by atoms with Crippen LogP contribution < -0.4 is 14.8 Å². The molecule has 4 aromatic rings. The van der Waals surface area contributed by atoms with Crippen LogP contribution in [0.3, 0.4) is 0 Å². The van der Waals surface area contributed by atoms with Crippen LogP contribution in [-0.4, -0.2) is 35.9 Å². The second-order valence-electron chi connectivity index (χ2n) is 7.89. The minimum atomic E-state index is -3.33. The van der Waals surface area contributed by atoms with E-state index in [4.69, 9.17) is 4.74 Å². The normalized spacial score (nSPS) is 13.8. The zero-order valence-electron chi connectivity index (χ0n) is 17.5. The van der Waals surface area contributed by atoms with Crippen LogP contribution in [0.25, 0.3) is 16.8 Å². The molecule has 2 aromatic carbocycles. The quantitative estimate of drug-likeness (QED) is 0.416.